The van der Waals surface area contributed by atoms with E-state index in [0.717, 1.165) is 5.56 Å². The molecule has 0 aromatic heterocycles. The first kappa shape index (κ1) is 16.1. The van der Waals surface area contributed by atoms with Gasteiger partial charge in [0.1, 0.15) is 11.9 Å². The Morgan fingerprint density at radius 1 is 1.21 bits per heavy atom. The number of nitro groups is 1. The first-order valence-corrected chi connectivity index (χ1v) is 7.26. The summed E-state index contributed by atoms with van der Waals surface area (Å²) in [6, 6.07) is 12.9. The lowest BCUT2D eigenvalue weighted by molar-refractivity contribution is -0.384. The van der Waals surface area contributed by atoms with Gasteiger partial charge in [0.2, 0.25) is 0 Å². The van der Waals surface area contributed by atoms with Gasteiger partial charge in [0.15, 0.2) is 18.7 Å². The van der Waals surface area contributed by atoms with Crippen molar-refractivity contribution in [3.8, 4) is 5.75 Å². The molecule has 2 aromatic rings. The maximum Gasteiger partial charge on any atom is 0.269 e. The van der Waals surface area contributed by atoms with Crippen LogP contribution in [0.2, 0.25) is 0 Å². The lowest BCUT2D eigenvalue weighted by Gasteiger charge is -2.08. The number of para-hydroxylation sites is 1. The average Bonchev–Trinajstić information content (AvgIpc) is 3.40. The van der Waals surface area contributed by atoms with Crippen LogP contribution in [-0.4, -0.2) is 30.7 Å². The van der Waals surface area contributed by atoms with Gasteiger partial charge in [-0.05, 0) is 29.8 Å². The Bertz CT molecular complexity index is 758. The second kappa shape index (κ2) is 6.77. The molecule has 1 fully saturated rings. The number of non-ortho nitro benzene ring substituents is 1. The normalized spacial score (nSPS) is 18.9. The molecule has 0 radical (unpaired) electrons. The van der Waals surface area contributed by atoms with Crippen molar-refractivity contribution in [2.45, 2.75) is 12.2 Å². The zero-order chi connectivity index (χ0) is 17.1. The topological polar surface area (TPSA) is 91.2 Å². The molecule has 7 heteroatoms. The molecule has 0 spiro atoms. The second-order valence-corrected chi connectivity index (χ2v) is 5.24. The highest BCUT2D eigenvalue weighted by molar-refractivity contribution is 6.03. The van der Waals surface area contributed by atoms with Crippen LogP contribution >= 0.6 is 0 Å². The van der Waals surface area contributed by atoms with Crippen LogP contribution in [0.25, 0.3) is 0 Å². The highest BCUT2D eigenvalue weighted by Crippen LogP contribution is 2.42. The van der Waals surface area contributed by atoms with Crippen LogP contribution < -0.4 is 4.74 Å². The summed E-state index contributed by atoms with van der Waals surface area (Å²) in [5.74, 6) is 0.243. The summed E-state index contributed by atoms with van der Waals surface area (Å²) >= 11 is 0. The SMILES string of the molecule is COCOc1ccccc1C(=O)C1OC1c1ccc([N+](=O)[O-])cc1. The summed E-state index contributed by atoms with van der Waals surface area (Å²) in [6.45, 7) is 0.0433. The van der Waals surface area contributed by atoms with E-state index in [1.165, 1.54) is 19.2 Å². The van der Waals surface area contributed by atoms with E-state index in [1.54, 1.807) is 36.4 Å². The first-order chi connectivity index (χ1) is 11.6. The number of carbonyl (C=O) groups is 1. The van der Waals surface area contributed by atoms with Crippen molar-refractivity contribution in [1.82, 2.24) is 0 Å². The van der Waals surface area contributed by atoms with E-state index >= 15 is 0 Å². The molecule has 1 saturated heterocycles. The smallest absolute Gasteiger partial charge is 0.269 e. The minimum atomic E-state index is -0.612. The second-order valence-electron chi connectivity index (χ2n) is 5.24. The molecule has 2 atom stereocenters. The van der Waals surface area contributed by atoms with Crippen molar-refractivity contribution in [2.75, 3.05) is 13.9 Å². The standard InChI is InChI=1S/C17H15NO6/c1-22-10-23-14-5-3-2-4-13(14)15(19)17-16(24-17)11-6-8-12(9-7-11)18(20)21/h2-9,16-17H,10H2,1H3. The quantitative estimate of drug-likeness (QED) is 0.255. The van der Waals surface area contributed by atoms with Gasteiger partial charge in [-0.1, -0.05) is 12.1 Å². The van der Waals surface area contributed by atoms with Gasteiger partial charge in [0.05, 0.1) is 10.5 Å². The zero-order valence-electron chi connectivity index (χ0n) is 12.9. The lowest BCUT2D eigenvalue weighted by Crippen LogP contribution is -2.11. The molecular weight excluding hydrogens is 314 g/mol. The summed E-state index contributed by atoms with van der Waals surface area (Å²) in [6.07, 6.45) is -1.01. The number of carbonyl (C=O) groups excluding carboxylic acids is 1. The van der Waals surface area contributed by atoms with Gasteiger partial charge in [0, 0.05) is 19.2 Å². The minimum absolute atomic E-state index is 0.000544. The number of ketones is 1. The highest BCUT2D eigenvalue weighted by atomic mass is 16.7. The van der Waals surface area contributed by atoms with Gasteiger partial charge < -0.3 is 14.2 Å². The molecule has 0 amide bonds. The molecule has 1 aliphatic rings. The largest absolute Gasteiger partial charge is 0.467 e. The van der Waals surface area contributed by atoms with E-state index < -0.39 is 17.1 Å². The fourth-order valence-corrected chi connectivity index (χ4v) is 2.42. The van der Waals surface area contributed by atoms with E-state index in [1.807, 2.05) is 0 Å². The molecule has 0 bridgehead atoms. The summed E-state index contributed by atoms with van der Waals surface area (Å²) in [4.78, 5) is 22.8. The number of Topliss-reactive ketones (excluding diaryl/α,β-unsaturated/α-hetero) is 1. The minimum Gasteiger partial charge on any atom is -0.467 e. The fraction of sp³-hybridized carbons (Fsp3) is 0.235. The molecule has 1 heterocycles. The van der Waals surface area contributed by atoms with Gasteiger partial charge in [-0.2, -0.15) is 0 Å². The molecule has 24 heavy (non-hydrogen) atoms. The Labute approximate surface area is 137 Å². The van der Waals surface area contributed by atoms with Gasteiger partial charge in [-0.15, -0.1) is 0 Å². The number of rotatable bonds is 7. The Morgan fingerprint density at radius 2 is 1.92 bits per heavy atom. The monoisotopic (exact) mass is 329 g/mol. The van der Waals surface area contributed by atoms with Crippen LogP contribution in [0.5, 0.6) is 5.75 Å². The summed E-state index contributed by atoms with van der Waals surface area (Å²) in [5.41, 5.74) is 1.15. The first-order valence-electron chi connectivity index (χ1n) is 7.26. The maximum absolute atomic E-state index is 12.6. The van der Waals surface area contributed by atoms with Crippen molar-refractivity contribution in [3.63, 3.8) is 0 Å². The number of ether oxygens (including phenoxy) is 3. The van der Waals surface area contributed by atoms with Gasteiger partial charge >= 0.3 is 0 Å². The van der Waals surface area contributed by atoms with E-state index in [0.29, 0.717) is 11.3 Å². The summed E-state index contributed by atoms with van der Waals surface area (Å²) in [7, 11) is 1.50. The molecule has 0 aliphatic carbocycles. The highest BCUT2D eigenvalue weighted by Gasteiger charge is 2.47. The number of hydrogen-bond donors (Lipinski definition) is 0. The molecule has 7 nitrogen and oxygen atoms in total. The third-order valence-electron chi connectivity index (χ3n) is 3.67. The van der Waals surface area contributed by atoms with Crippen LogP contribution in [0.4, 0.5) is 5.69 Å². The summed E-state index contributed by atoms with van der Waals surface area (Å²) in [5, 5.41) is 10.7. The Kier molecular flexibility index (Phi) is 4.54. The third-order valence-corrected chi connectivity index (χ3v) is 3.67. The number of benzene rings is 2. The van der Waals surface area contributed by atoms with E-state index in [9.17, 15) is 14.9 Å². The van der Waals surface area contributed by atoms with Gasteiger partial charge in [-0.25, -0.2) is 0 Å². The number of epoxide rings is 1. The Morgan fingerprint density at radius 3 is 2.58 bits per heavy atom. The van der Waals surface area contributed by atoms with Crippen LogP contribution in [0.15, 0.2) is 48.5 Å². The molecular formula is C17H15NO6. The molecule has 0 saturated carbocycles. The van der Waals surface area contributed by atoms with Crippen LogP contribution in [0.3, 0.4) is 0 Å². The van der Waals surface area contributed by atoms with E-state index in [2.05, 4.69) is 0 Å². The van der Waals surface area contributed by atoms with Crippen LogP contribution in [0, 0.1) is 10.1 Å². The number of nitro benzene ring substituents is 1. The molecule has 124 valence electrons. The predicted molar refractivity (Wildman–Crippen MR) is 84.0 cm³/mol. The van der Waals surface area contributed by atoms with Crippen LogP contribution in [-0.2, 0) is 9.47 Å². The number of hydrogen-bond acceptors (Lipinski definition) is 6. The molecule has 3 rings (SSSR count). The van der Waals surface area contributed by atoms with Crippen molar-refractivity contribution in [1.29, 1.82) is 0 Å². The molecule has 0 N–H and O–H groups in total. The van der Waals surface area contributed by atoms with E-state index in [-0.39, 0.29) is 18.3 Å². The van der Waals surface area contributed by atoms with Gasteiger partial charge in [-0.3, -0.25) is 14.9 Å². The Balaban J connectivity index is 1.73. The summed E-state index contributed by atoms with van der Waals surface area (Å²) < 4.78 is 15.7. The van der Waals surface area contributed by atoms with Crippen LogP contribution in [0.1, 0.15) is 22.0 Å². The fourth-order valence-electron chi connectivity index (χ4n) is 2.42. The van der Waals surface area contributed by atoms with Crippen molar-refractivity contribution in [2.24, 2.45) is 0 Å². The Hall–Kier alpha value is -2.77. The number of nitrogens with zero attached hydrogens (tertiary/aromatic N) is 1. The lowest BCUT2D eigenvalue weighted by atomic mass is 10.0. The predicted octanol–water partition coefficient (Wildman–Crippen LogP) is 2.90. The number of methoxy groups -OCH3 is 1. The van der Waals surface area contributed by atoms with Gasteiger partial charge in [0.25, 0.3) is 5.69 Å². The molecule has 2 unspecified atom stereocenters. The average molecular weight is 329 g/mol. The maximum atomic E-state index is 12.6. The zero-order valence-corrected chi connectivity index (χ0v) is 12.9. The van der Waals surface area contributed by atoms with E-state index in [4.69, 9.17) is 14.2 Å². The third kappa shape index (κ3) is 3.27. The van der Waals surface area contributed by atoms with Crippen molar-refractivity contribution < 1.29 is 23.9 Å². The van der Waals surface area contributed by atoms with Crippen molar-refractivity contribution >= 4 is 11.5 Å². The molecule has 1 aliphatic heterocycles. The van der Waals surface area contributed by atoms with Crippen molar-refractivity contribution in [3.05, 3.63) is 69.8 Å². The molecule has 2 aromatic carbocycles.